The van der Waals surface area contributed by atoms with Gasteiger partial charge in [0.2, 0.25) is 5.91 Å². The van der Waals surface area contributed by atoms with Crippen LogP contribution in [0.3, 0.4) is 0 Å². The quantitative estimate of drug-likeness (QED) is 0.0303. The summed E-state index contributed by atoms with van der Waals surface area (Å²) in [6.45, 7) is 3.42. The van der Waals surface area contributed by atoms with Crippen molar-refractivity contribution >= 4 is 19.7 Å². The summed E-state index contributed by atoms with van der Waals surface area (Å²) in [5.41, 5.74) is 0. The molecular formula is C33H62NO8P. The van der Waals surface area contributed by atoms with Crippen LogP contribution >= 0.6 is 7.82 Å². The molecule has 0 aromatic rings. The van der Waals surface area contributed by atoms with Crippen molar-refractivity contribution in [3.63, 3.8) is 0 Å². The standard InChI is InChI=1S/C33H62NO8P/c1-3-5-7-9-11-13-15-17-19-21-23-25-32(36)34-27-28-41-43(38,39)42-30-31(35)29-40-33(37)26-24-22-20-18-16-14-12-10-8-6-4-2/h9-12,31,35H,3-8,13-30H2,1-2H3,(H,34,36)(H,38,39)/b11-9-,12-10-. The fraction of sp³-hybridized carbons (Fsp3) is 0.818. The summed E-state index contributed by atoms with van der Waals surface area (Å²) in [7, 11) is -4.40. The van der Waals surface area contributed by atoms with E-state index in [1.54, 1.807) is 0 Å². The average molecular weight is 632 g/mol. The number of hydrogen-bond acceptors (Lipinski definition) is 7. The van der Waals surface area contributed by atoms with Gasteiger partial charge in [0.25, 0.3) is 0 Å². The maximum Gasteiger partial charge on any atom is 0.472 e. The zero-order chi connectivity index (χ0) is 31.9. The third kappa shape index (κ3) is 31.7. The van der Waals surface area contributed by atoms with E-state index in [-0.39, 0.29) is 32.1 Å². The minimum absolute atomic E-state index is 0.0768. The van der Waals surface area contributed by atoms with Gasteiger partial charge in [-0.2, -0.15) is 0 Å². The number of aliphatic hydroxyl groups is 1. The molecule has 0 aliphatic heterocycles. The minimum atomic E-state index is -4.40. The zero-order valence-electron chi connectivity index (χ0n) is 27.1. The number of unbranched alkanes of at least 4 members (excludes halogenated alkanes) is 14. The number of phosphoric acid groups is 1. The maximum atomic E-state index is 12.0. The predicted octanol–water partition coefficient (Wildman–Crippen LogP) is 8.09. The molecule has 0 aliphatic rings. The number of hydrogen-bond donors (Lipinski definition) is 3. The Labute approximate surface area is 261 Å². The first-order valence-electron chi connectivity index (χ1n) is 16.8. The van der Waals surface area contributed by atoms with Crippen LogP contribution in [0.2, 0.25) is 0 Å². The molecule has 0 fully saturated rings. The van der Waals surface area contributed by atoms with Crippen molar-refractivity contribution in [3.05, 3.63) is 24.3 Å². The lowest BCUT2D eigenvalue weighted by molar-refractivity contribution is -0.147. The molecule has 0 aromatic carbocycles. The van der Waals surface area contributed by atoms with Crippen LogP contribution < -0.4 is 5.32 Å². The second-order valence-corrected chi connectivity index (χ2v) is 12.6. The molecule has 2 atom stereocenters. The predicted molar refractivity (Wildman–Crippen MR) is 174 cm³/mol. The molecule has 10 heteroatoms. The van der Waals surface area contributed by atoms with Crippen LogP contribution in [0.1, 0.15) is 142 Å². The van der Waals surface area contributed by atoms with E-state index in [1.807, 2.05) is 0 Å². The molecule has 0 saturated carbocycles. The van der Waals surface area contributed by atoms with Crippen molar-refractivity contribution in [1.82, 2.24) is 5.32 Å². The minimum Gasteiger partial charge on any atom is -0.463 e. The first-order chi connectivity index (χ1) is 20.8. The highest BCUT2D eigenvalue weighted by molar-refractivity contribution is 7.47. The number of phosphoric ester groups is 1. The van der Waals surface area contributed by atoms with E-state index in [0.717, 1.165) is 77.0 Å². The van der Waals surface area contributed by atoms with Gasteiger partial charge in [0.05, 0.1) is 13.2 Å². The molecule has 0 saturated heterocycles. The topological polar surface area (TPSA) is 131 Å². The summed E-state index contributed by atoms with van der Waals surface area (Å²) >= 11 is 0. The number of allylic oxidation sites excluding steroid dienone is 4. The lowest BCUT2D eigenvalue weighted by Crippen LogP contribution is -2.27. The molecular weight excluding hydrogens is 569 g/mol. The highest BCUT2D eigenvalue weighted by Crippen LogP contribution is 2.42. The van der Waals surface area contributed by atoms with Crippen LogP contribution in [-0.2, 0) is 27.9 Å². The van der Waals surface area contributed by atoms with Crippen molar-refractivity contribution < 1.29 is 37.9 Å². The highest BCUT2D eigenvalue weighted by Gasteiger charge is 2.23. The van der Waals surface area contributed by atoms with Gasteiger partial charge in [0.1, 0.15) is 12.7 Å². The highest BCUT2D eigenvalue weighted by atomic mass is 31.2. The Bertz CT molecular complexity index is 774. The van der Waals surface area contributed by atoms with Crippen LogP contribution in [0.15, 0.2) is 24.3 Å². The fourth-order valence-corrected chi connectivity index (χ4v) is 4.98. The zero-order valence-corrected chi connectivity index (χ0v) is 28.0. The second kappa shape index (κ2) is 30.5. The summed E-state index contributed by atoms with van der Waals surface area (Å²) in [5, 5.41) is 12.6. The Hall–Kier alpha value is -1.51. The van der Waals surface area contributed by atoms with Crippen molar-refractivity contribution in [1.29, 1.82) is 0 Å². The van der Waals surface area contributed by atoms with Gasteiger partial charge in [-0.25, -0.2) is 4.57 Å². The summed E-state index contributed by atoms with van der Waals surface area (Å²) < 4.78 is 26.6. The van der Waals surface area contributed by atoms with Crippen LogP contribution in [0.25, 0.3) is 0 Å². The van der Waals surface area contributed by atoms with Gasteiger partial charge < -0.3 is 20.1 Å². The number of esters is 1. The number of carbonyl (C=O) groups excluding carboxylic acids is 2. The number of carbonyl (C=O) groups is 2. The first kappa shape index (κ1) is 41.5. The van der Waals surface area contributed by atoms with Gasteiger partial charge in [-0.1, -0.05) is 102 Å². The Morgan fingerprint density at radius 1 is 0.698 bits per heavy atom. The number of aliphatic hydroxyl groups excluding tert-OH is 1. The van der Waals surface area contributed by atoms with Gasteiger partial charge in [-0.05, 0) is 51.4 Å². The van der Waals surface area contributed by atoms with Crippen molar-refractivity contribution in [2.75, 3.05) is 26.4 Å². The second-order valence-electron chi connectivity index (χ2n) is 11.1. The molecule has 0 rings (SSSR count). The van der Waals surface area contributed by atoms with Gasteiger partial charge in [0.15, 0.2) is 0 Å². The molecule has 9 nitrogen and oxygen atoms in total. The monoisotopic (exact) mass is 631 g/mol. The summed E-state index contributed by atoms with van der Waals surface area (Å²) in [5.74, 6) is -0.540. The van der Waals surface area contributed by atoms with Crippen LogP contribution in [0.4, 0.5) is 0 Å². The molecule has 0 bridgehead atoms. The smallest absolute Gasteiger partial charge is 0.463 e. The Kier molecular flexibility index (Phi) is 29.4. The molecule has 252 valence electrons. The number of nitrogens with one attached hydrogen (secondary N) is 1. The molecule has 1 amide bonds. The molecule has 0 aliphatic carbocycles. The Balaban J connectivity index is 3.68. The lowest BCUT2D eigenvalue weighted by Gasteiger charge is -2.15. The molecule has 0 aromatic heterocycles. The van der Waals surface area contributed by atoms with Crippen LogP contribution in [-0.4, -0.2) is 54.3 Å². The van der Waals surface area contributed by atoms with Gasteiger partial charge in [-0.3, -0.25) is 18.6 Å². The normalized spacial score (nSPS) is 13.9. The van der Waals surface area contributed by atoms with Gasteiger partial charge in [-0.15, -0.1) is 0 Å². The third-order valence-electron chi connectivity index (χ3n) is 6.85. The van der Waals surface area contributed by atoms with E-state index in [9.17, 15) is 24.2 Å². The van der Waals surface area contributed by atoms with E-state index in [2.05, 4.69) is 43.5 Å². The summed E-state index contributed by atoms with van der Waals surface area (Å²) in [6, 6.07) is 0. The lowest BCUT2D eigenvalue weighted by atomic mass is 10.1. The maximum absolute atomic E-state index is 12.0. The van der Waals surface area contributed by atoms with E-state index in [0.29, 0.717) is 6.42 Å². The van der Waals surface area contributed by atoms with E-state index < -0.39 is 26.5 Å². The van der Waals surface area contributed by atoms with Crippen molar-refractivity contribution in [2.24, 2.45) is 0 Å². The molecule has 3 N–H and O–H groups in total. The summed E-state index contributed by atoms with van der Waals surface area (Å²) in [4.78, 5) is 33.6. The molecule has 0 heterocycles. The summed E-state index contributed by atoms with van der Waals surface area (Å²) in [6.07, 6.45) is 28.2. The largest absolute Gasteiger partial charge is 0.472 e. The van der Waals surface area contributed by atoms with Gasteiger partial charge >= 0.3 is 13.8 Å². The van der Waals surface area contributed by atoms with Crippen LogP contribution in [0, 0.1) is 0 Å². The van der Waals surface area contributed by atoms with Crippen LogP contribution in [0.5, 0.6) is 0 Å². The Morgan fingerprint density at radius 2 is 1.19 bits per heavy atom. The van der Waals surface area contributed by atoms with Crippen molar-refractivity contribution in [2.45, 2.75) is 148 Å². The average Bonchev–Trinajstić information content (AvgIpc) is 2.98. The number of amides is 1. The first-order valence-corrected chi connectivity index (χ1v) is 18.3. The molecule has 43 heavy (non-hydrogen) atoms. The molecule has 0 spiro atoms. The Morgan fingerprint density at radius 3 is 1.74 bits per heavy atom. The van der Waals surface area contributed by atoms with E-state index in [1.165, 1.54) is 38.5 Å². The number of rotatable bonds is 31. The number of ether oxygens (including phenoxy) is 1. The van der Waals surface area contributed by atoms with Crippen molar-refractivity contribution in [3.8, 4) is 0 Å². The fourth-order valence-electron chi connectivity index (χ4n) is 4.22. The third-order valence-corrected chi connectivity index (χ3v) is 7.84. The van der Waals surface area contributed by atoms with E-state index in [4.69, 9.17) is 13.8 Å². The van der Waals surface area contributed by atoms with E-state index >= 15 is 0 Å². The van der Waals surface area contributed by atoms with Gasteiger partial charge in [0, 0.05) is 19.4 Å². The molecule has 2 unspecified atom stereocenters. The SMILES string of the molecule is CCCC/C=C\CCCCCCCC(=O)NCCOP(=O)(O)OCC(O)COC(=O)CCCCCCC/C=C\CCCC. The molecule has 0 radical (unpaired) electrons.